The van der Waals surface area contributed by atoms with E-state index < -0.39 is 6.03 Å². The third-order valence-electron chi connectivity index (χ3n) is 5.27. The molecule has 0 radical (unpaired) electrons. The van der Waals surface area contributed by atoms with Gasteiger partial charge in [0.1, 0.15) is 0 Å². The van der Waals surface area contributed by atoms with Crippen molar-refractivity contribution < 1.29 is 14.3 Å². The number of aromatic amines is 1. The molecule has 0 unspecified atom stereocenters. The number of hydrogen-bond acceptors (Lipinski definition) is 7. The first kappa shape index (κ1) is 28.1. The monoisotopic (exact) mass is 544 g/mol. The second kappa shape index (κ2) is 13.7. The van der Waals surface area contributed by atoms with Gasteiger partial charge >= 0.3 is 6.03 Å². The van der Waals surface area contributed by atoms with Crippen LogP contribution >= 0.6 is 23.4 Å². The number of nitrogens with one attached hydrogen (secondary N) is 3. The van der Waals surface area contributed by atoms with Crippen LogP contribution in [-0.2, 0) is 9.53 Å². The summed E-state index contributed by atoms with van der Waals surface area (Å²) in [5.74, 6) is 0.0393. The molecule has 37 heavy (non-hydrogen) atoms. The normalized spacial score (nSPS) is 14.8. The van der Waals surface area contributed by atoms with Crippen LogP contribution in [0.5, 0.6) is 0 Å². The van der Waals surface area contributed by atoms with E-state index in [9.17, 15) is 9.59 Å². The lowest BCUT2D eigenvalue weighted by atomic mass is 10.1. The van der Waals surface area contributed by atoms with Crippen LogP contribution in [0.3, 0.4) is 0 Å². The molecule has 3 rings (SSSR count). The molecule has 1 aromatic heterocycles. The number of urea groups is 1. The number of rotatable bonds is 9. The van der Waals surface area contributed by atoms with Gasteiger partial charge in [0.2, 0.25) is 0 Å². The summed E-state index contributed by atoms with van der Waals surface area (Å²) < 4.78 is 5.33. The molecule has 2 heterocycles. The van der Waals surface area contributed by atoms with E-state index in [1.807, 2.05) is 0 Å². The van der Waals surface area contributed by atoms with Crippen LogP contribution in [0.4, 0.5) is 16.3 Å². The highest BCUT2D eigenvalue weighted by atomic mass is 35.5. The van der Waals surface area contributed by atoms with E-state index in [-0.39, 0.29) is 16.6 Å². The number of nitrogens with zero attached hydrogens (tertiary/aromatic N) is 4. The Bertz CT molecular complexity index is 1220. The lowest BCUT2D eigenvalue weighted by molar-refractivity contribution is -0.115. The van der Waals surface area contributed by atoms with E-state index in [1.165, 1.54) is 6.20 Å². The number of morpholine rings is 1. The summed E-state index contributed by atoms with van der Waals surface area (Å²) in [6, 6.07) is 6.10. The second-order valence-electron chi connectivity index (χ2n) is 7.90. The molecule has 1 aliphatic heterocycles. The third kappa shape index (κ3) is 8.57. The topological polar surface area (TPSA) is 150 Å². The molecular formula is C24H29ClN8O3S. The summed E-state index contributed by atoms with van der Waals surface area (Å²) in [4.78, 5) is 35.7. The molecular weight excluding hydrogens is 516 g/mol. The third-order valence-corrected chi connectivity index (χ3v) is 6.45. The Kier molecular flexibility index (Phi) is 10.4. The Hall–Kier alpha value is -3.45. The van der Waals surface area contributed by atoms with Crippen LogP contribution in [0.15, 0.2) is 58.5 Å². The van der Waals surface area contributed by atoms with Crippen molar-refractivity contribution in [2.24, 2.45) is 15.7 Å². The molecule has 1 aromatic carbocycles. The van der Waals surface area contributed by atoms with Crippen LogP contribution in [0.1, 0.15) is 12.5 Å². The Morgan fingerprint density at radius 1 is 1.30 bits per heavy atom. The van der Waals surface area contributed by atoms with Crippen LogP contribution in [0, 0.1) is 0 Å². The van der Waals surface area contributed by atoms with Crippen molar-refractivity contribution in [1.29, 1.82) is 0 Å². The van der Waals surface area contributed by atoms with Crippen molar-refractivity contribution in [2.45, 2.75) is 6.92 Å². The second-order valence-corrected chi connectivity index (χ2v) is 9.43. The highest BCUT2D eigenvalue weighted by molar-refractivity contribution is 8.17. The Morgan fingerprint density at radius 2 is 2.03 bits per heavy atom. The number of aromatic nitrogens is 2. The van der Waals surface area contributed by atoms with Gasteiger partial charge in [0.15, 0.2) is 11.0 Å². The van der Waals surface area contributed by atoms with Gasteiger partial charge in [-0.05, 0) is 19.1 Å². The van der Waals surface area contributed by atoms with E-state index >= 15 is 0 Å². The lowest BCUT2D eigenvalue weighted by Gasteiger charge is -2.26. The zero-order valence-corrected chi connectivity index (χ0v) is 22.0. The molecule has 1 saturated heterocycles. The summed E-state index contributed by atoms with van der Waals surface area (Å²) in [6.45, 7) is 13.9. The minimum atomic E-state index is -0.674. The average molecular weight is 545 g/mol. The van der Waals surface area contributed by atoms with Crippen LogP contribution in [-0.4, -0.2) is 77.3 Å². The van der Waals surface area contributed by atoms with Gasteiger partial charge in [0, 0.05) is 36.7 Å². The first-order valence-electron chi connectivity index (χ1n) is 11.4. The van der Waals surface area contributed by atoms with Crippen molar-refractivity contribution in [2.75, 3.05) is 44.7 Å². The molecule has 5 N–H and O–H groups in total. The van der Waals surface area contributed by atoms with Gasteiger partial charge in [-0.3, -0.25) is 14.8 Å². The van der Waals surface area contributed by atoms with Gasteiger partial charge in [-0.1, -0.05) is 48.7 Å². The van der Waals surface area contributed by atoms with E-state index in [1.54, 1.807) is 31.2 Å². The predicted molar refractivity (Wildman–Crippen MR) is 149 cm³/mol. The molecule has 1 fully saturated rings. The molecule has 2 aromatic rings. The standard InChI is InChI=1S/C24H29ClN8O3S/c1-15(22(34)27-8-9-33-10-12-36-13-11-33)18-14-28-32-21(18)29-16(2)17(3)37-23(26)31-24(35)30-20-7-5-4-6-19(20)25/h4-7,14H,1,3,8-13H2,2H3,(H,27,34)(H,28,32)(H3,26,30,31,35)/b29-16+. The van der Waals surface area contributed by atoms with Crippen molar-refractivity contribution in [1.82, 2.24) is 20.4 Å². The average Bonchev–Trinajstić information content (AvgIpc) is 3.33. The number of anilines is 1. The van der Waals surface area contributed by atoms with Crippen molar-refractivity contribution in [3.8, 4) is 0 Å². The summed E-state index contributed by atoms with van der Waals surface area (Å²) in [6.07, 6.45) is 1.49. The number of ether oxygens (including phenoxy) is 1. The van der Waals surface area contributed by atoms with Gasteiger partial charge in [0.05, 0.1) is 41.4 Å². The van der Waals surface area contributed by atoms with Crippen LogP contribution < -0.4 is 16.4 Å². The number of carbonyl (C=O) groups is 2. The number of allylic oxidation sites excluding steroid dienone is 1. The molecule has 0 spiro atoms. The first-order valence-corrected chi connectivity index (χ1v) is 12.6. The molecule has 0 bridgehead atoms. The predicted octanol–water partition coefficient (Wildman–Crippen LogP) is 3.41. The summed E-state index contributed by atoms with van der Waals surface area (Å²) >= 11 is 7.01. The number of benzene rings is 1. The van der Waals surface area contributed by atoms with E-state index in [4.69, 9.17) is 22.1 Å². The number of amides is 3. The number of amidine groups is 1. The maximum Gasteiger partial charge on any atom is 0.347 e. The highest BCUT2D eigenvalue weighted by Crippen LogP contribution is 2.26. The number of hydrogen-bond donors (Lipinski definition) is 4. The fraction of sp³-hybridized carbons (Fsp3) is 0.292. The zero-order valence-electron chi connectivity index (χ0n) is 20.4. The van der Waals surface area contributed by atoms with Crippen molar-refractivity contribution in [3.63, 3.8) is 0 Å². The molecule has 0 atom stereocenters. The van der Waals surface area contributed by atoms with Gasteiger partial charge in [-0.15, -0.1) is 0 Å². The molecule has 11 nitrogen and oxygen atoms in total. The molecule has 196 valence electrons. The molecule has 0 aliphatic carbocycles. The van der Waals surface area contributed by atoms with Gasteiger partial charge in [-0.25, -0.2) is 9.79 Å². The van der Waals surface area contributed by atoms with E-state index in [0.29, 0.717) is 52.5 Å². The fourth-order valence-electron chi connectivity index (χ4n) is 3.23. The quantitative estimate of drug-likeness (QED) is 0.214. The number of H-pyrrole nitrogens is 1. The largest absolute Gasteiger partial charge is 0.379 e. The zero-order chi connectivity index (χ0) is 26.8. The fourth-order valence-corrected chi connectivity index (χ4v) is 3.98. The van der Waals surface area contributed by atoms with E-state index in [0.717, 1.165) is 31.4 Å². The Balaban J connectivity index is 1.55. The molecule has 13 heteroatoms. The number of nitrogens with two attached hydrogens (primary N) is 1. The maximum absolute atomic E-state index is 12.6. The molecule has 0 saturated carbocycles. The first-order chi connectivity index (χ1) is 17.7. The maximum atomic E-state index is 12.6. The number of carbonyl (C=O) groups excluding carboxylic acids is 2. The summed E-state index contributed by atoms with van der Waals surface area (Å²) in [7, 11) is 0. The van der Waals surface area contributed by atoms with Gasteiger partial charge in [-0.2, -0.15) is 10.1 Å². The summed E-state index contributed by atoms with van der Waals surface area (Å²) in [5, 5.41) is 12.5. The smallest absolute Gasteiger partial charge is 0.347 e. The molecule has 3 amide bonds. The number of thioether (sulfide) groups is 1. The SMILES string of the molecule is C=C(S/C(N)=N/C(=O)Nc1ccccc1Cl)/C(C)=N/c1[nH]ncc1C(=C)C(=O)NCCN1CCOCC1. The van der Waals surface area contributed by atoms with Gasteiger partial charge in [0.25, 0.3) is 5.91 Å². The summed E-state index contributed by atoms with van der Waals surface area (Å²) in [5.41, 5.74) is 7.50. The van der Waals surface area contributed by atoms with E-state index in [2.05, 4.69) is 48.9 Å². The van der Waals surface area contributed by atoms with Crippen LogP contribution in [0.25, 0.3) is 5.57 Å². The molecule has 1 aliphatic rings. The lowest BCUT2D eigenvalue weighted by Crippen LogP contribution is -2.41. The minimum Gasteiger partial charge on any atom is -0.379 e. The van der Waals surface area contributed by atoms with Gasteiger partial charge < -0.3 is 21.1 Å². The van der Waals surface area contributed by atoms with Crippen molar-refractivity contribution in [3.05, 3.63) is 59.1 Å². The number of para-hydroxylation sites is 1. The van der Waals surface area contributed by atoms with Crippen molar-refractivity contribution >= 4 is 63.3 Å². The Morgan fingerprint density at radius 3 is 2.76 bits per heavy atom. The number of halogens is 1. The Labute approximate surface area is 224 Å². The minimum absolute atomic E-state index is 0.0296. The van der Waals surface area contributed by atoms with Crippen LogP contribution in [0.2, 0.25) is 5.02 Å². The highest BCUT2D eigenvalue weighted by Gasteiger charge is 2.17. The number of aliphatic imine (C=N–C) groups is 2.